The molecule has 0 spiro atoms. The summed E-state index contributed by atoms with van der Waals surface area (Å²) in [4.78, 5) is 11.8. The van der Waals surface area contributed by atoms with E-state index in [0.717, 1.165) is 23.3 Å². The molecule has 1 aliphatic heterocycles. The number of esters is 1. The lowest BCUT2D eigenvalue weighted by molar-refractivity contribution is -0.135. The lowest BCUT2D eigenvalue weighted by atomic mass is 9.86. The maximum Gasteiger partial charge on any atom is 0.312 e. The molecule has 0 amide bonds. The van der Waals surface area contributed by atoms with Gasteiger partial charge in [0.05, 0.1) is 13.0 Å². The molecule has 0 saturated heterocycles. The van der Waals surface area contributed by atoms with Gasteiger partial charge in [0.25, 0.3) is 0 Å². The third-order valence-corrected chi connectivity index (χ3v) is 3.70. The molecule has 1 atom stereocenters. The molecule has 0 fully saturated rings. The second-order valence-electron chi connectivity index (χ2n) is 5.37. The van der Waals surface area contributed by atoms with Crippen LogP contribution in [0.15, 0.2) is 42.5 Å². The Hall–Kier alpha value is -2.49. The van der Waals surface area contributed by atoms with Crippen molar-refractivity contribution in [2.45, 2.75) is 25.7 Å². The molecule has 2 aromatic carbocycles. The fraction of sp³-hybridized carbons (Fsp3) is 0.278. The molecule has 22 heavy (non-hydrogen) atoms. The van der Waals surface area contributed by atoms with E-state index in [4.69, 9.17) is 9.47 Å². The molecular formula is C18H18O4. The van der Waals surface area contributed by atoms with Crippen LogP contribution in [0, 0.1) is 0 Å². The number of phenolic OH excluding ortho intramolecular Hbond substituents is 1. The number of ether oxygens (including phenoxy) is 2. The number of carbonyl (C=O) groups excluding carboxylic acids is 1. The van der Waals surface area contributed by atoms with Gasteiger partial charge in [0.1, 0.15) is 17.2 Å². The van der Waals surface area contributed by atoms with Crippen molar-refractivity contribution in [3.8, 4) is 17.2 Å². The SMILES string of the molecule is CCCOc1cccc(C2CC(=O)Oc3cc(O)ccc32)c1. The van der Waals surface area contributed by atoms with E-state index in [1.165, 1.54) is 6.07 Å². The molecule has 4 nitrogen and oxygen atoms in total. The number of hydrogen-bond donors (Lipinski definition) is 1. The third kappa shape index (κ3) is 2.91. The summed E-state index contributed by atoms with van der Waals surface area (Å²) >= 11 is 0. The van der Waals surface area contributed by atoms with E-state index in [1.807, 2.05) is 24.3 Å². The fourth-order valence-corrected chi connectivity index (χ4v) is 2.68. The summed E-state index contributed by atoms with van der Waals surface area (Å²) in [6, 6.07) is 12.7. The Morgan fingerprint density at radius 1 is 1.27 bits per heavy atom. The molecule has 1 aliphatic rings. The van der Waals surface area contributed by atoms with Gasteiger partial charge in [-0.2, -0.15) is 0 Å². The Balaban J connectivity index is 1.96. The van der Waals surface area contributed by atoms with Crippen LogP contribution in [-0.4, -0.2) is 17.7 Å². The summed E-state index contributed by atoms with van der Waals surface area (Å²) < 4.78 is 10.9. The van der Waals surface area contributed by atoms with Crippen LogP contribution in [-0.2, 0) is 4.79 Å². The Morgan fingerprint density at radius 3 is 2.95 bits per heavy atom. The Bertz CT molecular complexity index is 693. The summed E-state index contributed by atoms with van der Waals surface area (Å²) in [5, 5.41) is 9.56. The van der Waals surface area contributed by atoms with Crippen LogP contribution in [0.5, 0.6) is 17.2 Å². The van der Waals surface area contributed by atoms with Gasteiger partial charge < -0.3 is 14.6 Å². The molecule has 0 bridgehead atoms. The van der Waals surface area contributed by atoms with Crippen LogP contribution < -0.4 is 9.47 Å². The van der Waals surface area contributed by atoms with Crippen LogP contribution in [0.1, 0.15) is 36.8 Å². The van der Waals surface area contributed by atoms with Crippen molar-refractivity contribution in [1.82, 2.24) is 0 Å². The van der Waals surface area contributed by atoms with Gasteiger partial charge in [-0.1, -0.05) is 25.1 Å². The van der Waals surface area contributed by atoms with E-state index < -0.39 is 0 Å². The molecule has 1 N–H and O–H groups in total. The molecule has 0 radical (unpaired) electrons. The zero-order chi connectivity index (χ0) is 15.5. The van der Waals surface area contributed by atoms with Crippen LogP contribution in [0.2, 0.25) is 0 Å². The first-order chi connectivity index (χ1) is 10.7. The minimum Gasteiger partial charge on any atom is -0.508 e. The van der Waals surface area contributed by atoms with Crippen LogP contribution in [0.3, 0.4) is 0 Å². The number of rotatable bonds is 4. The average molecular weight is 298 g/mol. The lowest BCUT2D eigenvalue weighted by Gasteiger charge is -2.25. The van der Waals surface area contributed by atoms with Gasteiger partial charge in [-0.15, -0.1) is 0 Å². The van der Waals surface area contributed by atoms with Gasteiger partial charge in [0.2, 0.25) is 0 Å². The van der Waals surface area contributed by atoms with Crippen LogP contribution in [0.4, 0.5) is 0 Å². The molecule has 0 saturated carbocycles. The Morgan fingerprint density at radius 2 is 2.14 bits per heavy atom. The molecule has 1 unspecified atom stereocenters. The minimum absolute atomic E-state index is 0.0815. The van der Waals surface area contributed by atoms with Crippen LogP contribution >= 0.6 is 0 Å². The van der Waals surface area contributed by atoms with Gasteiger partial charge in [-0.05, 0) is 30.2 Å². The first-order valence-electron chi connectivity index (χ1n) is 7.43. The van der Waals surface area contributed by atoms with E-state index in [1.54, 1.807) is 12.1 Å². The molecule has 4 heteroatoms. The highest BCUT2D eigenvalue weighted by Gasteiger charge is 2.28. The van der Waals surface area contributed by atoms with Crippen molar-refractivity contribution < 1.29 is 19.4 Å². The molecule has 2 aromatic rings. The number of phenols is 1. The molecule has 0 aromatic heterocycles. The number of benzene rings is 2. The van der Waals surface area contributed by atoms with Crippen LogP contribution in [0.25, 0.3) is 0 Å². The maximum atomic E-state index is 11.8. The Kier molecular flexibility index (Phi) is 4.00. The summed E-state index contributed by atoms with van der Waals surface area (Å²) in [6.45, 7) is 2.73. The molecule has 3 rings (SSSR count). The molecule has 0 aliphatic carbocycles. The number of aromatic hydroxyl groups is 1. The highest BCUT2D eigenvalue weighted by Crippen LogP contribution is 2.40. The van der Waals surface area contributed by atoms with Gasteiger partial charge >= 0.3 is 5.97 Å². The lowest BCUT2D eigenvalue weighted by Crippen LogP contribution is -2.20. The molecule has 1 heterocycles. The third-order valence-electron chi connectivity index (χ3n) is 3.70. The predicted molar refractivity (Wildman–Crippen MR) is 82.4 cm³/mol. The number of fused-ring (bicyclic) bond motifs is 1. The summed E-state index contributed by atoms with van der Waals surface area (Å²) in [7, 11) is 0. The number of carbonyl (C=O) groups is 1. The van der Waals surface area contributed by atoms with E-state index in [-0.39, 0.29) is 24.1 Å². The van der Waals surface area contributed by atoms with Gasteiger partial charge in [-0.25, -0.2) is 0 Å². The average Bonchev–Trinajstić information content (AvgIpc) is 2.52. The highest BCUT2D eigenvalue weighted by atomic mass is 16.5. The van der Waals surface area contributed by atoms with Crippen molar-refractivity contribution in [3.05, 3.63) is 53.6 Å². The molecule has 114 valence electrons. The van der Waals surface area contributed by atoms with Crippen molar-refractivity contribution in [2.75, 3.05) is 6.61 Å². The van der Waals surface area contributed by atoms with E-state index in [0.29, 0.717) is 12.4 Å². The van der Waals surface area contributed by atoms with Crippen molar-refractivity contribution >= 4 is 5.97 Å². The fourth-order valence-electron chi connectivity index (χ4n) is 2.68. The standard InChI is InChI=1S/C18H18O4/c1-2-8-21-14-5-3-4-12(9-14)16-11-18(20)22-17-10-13(19)6-7-15(16)17/h3-7,9-10,16,19H,2,8,11H2,1H3. The smallest absolute Gasteiger partial charge is 0.312 e. The second-order valence-corrected chi connectivity index (χ2v) is 5.37. The van der Waals surface area contributed by atoms with E-state index >= 15 is 0 Å². The topological polar surface area (TPSA) is 55.8 Å². The monoisotopic (exact) mass is 298 g/mol. The largest absolute Gasteiger partial charge is 0.508 e. The number of hydrogen-bond acceptors (Lipinski definition) is 4. The Labute approximate surface area is 129 Å². The predicted octanol–water partition coefficient (Wildman–Crippen LogP) is 3.62. The molecular weight excluding hydrogens is 280 g/mol. The minimum atomic E-state index is -0.289. The van der Waals surface area contributed by atoms with Crippen molar-refractivity contribution in [3.63, 3.8) is 0 Å². The first-order valence-corrected chi connectivity index (χ1v) is 7.43. The zero-order valence-electron chi connectivity index (χ0n) is 12.4. The summed E-state index contributed by atoms with van der Waals surface area (Å²) in [5.41, 5.74) is 1.92. The zero-order valence-corrected chi connectivity index (χ0v) is 12.4. The van der Waals surface area contributed by atoms with E-state index in [2.05, 4.69) is 6.92 Å². The van der Waals surface area contributed by atoms with Crippen molar-refractivity contribution in [2.24, 2.45) is 0 Å². The van der Waals surface area contributed by atoms with Crippen molar-refractivity contribution in [1.29, 1.82) is 0 Å². The van der Waals surface area contributed by atoms with Gasteiger partial charge in [0.15, 0.2) is 0 Å². The highest BCUT2D eigenvalue weighted by molar-refractivity contribution is 5.78. The second kappa shape index (κ2) is 6.10. The quantitative estimate of drug-likeness (QED) is 0.692. The summed E-state index contributed by atoms with van der Waals surface area (Å²) in [5.74, 6) is 0.956. The maximum absolute atomic E-state index is 11.8. The normalized spacial score (nSPS) is 16.8. The summed E-state index contributed by atoms with van der Waals surface area (Å²) in [6.07, 6.45) is 1.23. The van der Waals surface area contributed by atoms with Gasteiger partial charge in [0, 0.05) is 17.5 Å². The van der Waals surface area contributed by atoms with Gasteiger partial charge in [-0.3, -0.25) is 4.79 Å². The first kappa shape index (κ1) is 14.4. The van der Waals surface area contributed by atoms with E-state index in [9.17, 15) is 9.90 Å².